The number of rotatable bonds is 3. The Labute approximate surface area is 84.4 Å². The normalized spacial score (nSPS) is 9.57. The third-order valence-electron chi connectivity index (χ3n) is 1.62. The molecule has 0 bridgehead atoms. The zero-order valence-corrected chi connectivity index (χ0v) is 7.95. The van der Waals surface area contributed by atoms with Crippen molar-refractivity contribution in [2.24, 2.45) is 0 Å². The maximum atomic E-state index is 10.5. The quantitative estimate of drug-likeness (QED) is 0.440. The number of hydrogen-bond donors (Lipinski definition) is 0. The molecule has 74 valence electrons. The Morgan fingerprint density at radius 1 is 1.57 bits per heavy atom. The van der Waals surface area contributed by atoms with E-state index in [1.165, 1.54) is 13.2 Å². The third-order valence-corrected chi connectivity index (χ3v) is 1.92. The smallest absolute Gasteiger partial charge is 0.283 e. The van der Waals surface area contributed by atoms with Gasteiger partial charge >= 0.3 is 0 Å². The molecule has 0 unspecified atom stereocenters. The summed E-state index contributed by atoms with van der Waals surface area (Å²) in [6.07, 6.45) is 0.378. The summed E-state index contributed by atoms with van der Waals surface area (Å²) in [4.78, 5) is 20.3. The Balaban J connectivity index is 3.39. The fourth-order valence-corrected chi connectivity index (χ4v) is 1.22. The maximum absolute atomic E-state index is 10.5. The SMILES string of the molecule is COc1cc([N+](=O)[O-])c(C=O)cc1Cl. The number of nitrogens with zero attached hydrogens (tertiary/aromatic N) is 1. The number of ether oxygens (including phenoxy) is 1. The van der Waals surface area contributed by atoms with Gasteiger partial charge in [0.1, 0.15) is 5.75 Å². The minimum absolute atomic E-state index is 0.0687. The fraction of sp³-hybridized carbons (Fsp3) is 0.125. The molecule has 0 radical (unpaired) electrons. The van der Waals surface area contributed by atoms with E-state index in [1.54, 1.807) is 0 Å². The molecule has 5 nitrogen and oxygen atoms in total. The van der Waals surface area contributed by atoms with Crippen LogP contribution in [0.15, 0.2) is 12.1 Å². The predicted octanol–water partition coefficient (Wildman–Crippen LogP) is 2.07. The van der Waals surface area contributed by atoms with Crippen molar-refractivity contribution in [2.45, 2.75) is 0 Å². The predicted molar refractivity (Wildman–Crippen MR) is 50.0 cm³/mol. The first-order valence-electron chi connectivity index (χ1n) is 3.57. The second-order valence-electron chi connectivity index (χ2n) is 2.42. The van der Waals surface area contributed by atoms with E-state index in [1.807, 2.05) is 0 Å². The number of aldehydes is 1. The van der Waals surface area contributed by atoms with Crippen molar-refractivity contribution in [2.75, 3.05) is 7.11 Å². The number of carbonyl (C=O) groups is 1. The van der Waals surface area contributed by atoms with Gasteiger partial charge in [-0.25, -0.2) is 0 Å². The molecule has 0 saturated heterocycles. The minimum Gasteiger partial charge on any atom is -0.495 e. The Kier molecular flexibility index (Phi) is 3.03. The molecule has 0 saturated carbocycles. The molecule has 0 heterocycles. The van der Waals surface area contributed by atoms with Crippen molar-refractivity contribution in [3.63, 3.8) is 0 Å². The van der Waals surface area contributed by atoms with Crippen LogP contribution in [0.5, 0.6) is 5.75 Å². The minimum atomic E-state index is -0.664. The number of hydrogen-bond acceptors (Lipinski definition) is 4. The number of nitro benzene ring substituents is 1. The van der Waals surface area contributed by atoms with Gasteiger partial charge in [-0.2, -0.15) is 0 Å². The van der Waals surface area contributed by atoms with Gasteiger partial charge in [0.2, 0.25) is 0 Å². The highest BCUT2D eigenvalue weighted by Gasteiger charge is 2.17. The van der Waals surface area contributed by atoms with Crippen LogP contribution in [0, 0.1) is 10.1 Å². The van der Waals surface area contributed by atoms with Gasteiger partial charge < -0.3 is 4.74 Å². The molecule has 0 spiro atoms. The van der Waals surface area contributed by atoms with Crippen LogP contribution >= 0.6 is 11.6 Å². The second-order valence-corrected chi connectivity index (χ2v) is 2.83. The number of carbonyl (C=O) groups excluding carboxylic acids is 1. The summed E-state index contributed by atoms with van der Waals surface area (Å²) in [5, 5.41) is 10.7. The van der Waals surface area contributed by atoms with Crippen molar-refractivity contribution in [1.82, 2.24) is 0 Å². The first-order valence-corrected chi connectivity index (χ1v) is 3.95. The number of methoxy groups -OCH3 is 1. The molecular weight excluding hydrogens is 210 g/mol. The summed E-state index contributed by atoms with van der Waals surface area (Å²) in [6, 6.07) is 2.32. The highest BCUT2D eigenvalue weighted by atomic mass is 35.5. The molecule has 0 amide bonds. The van der Waals surface area contributed by atoms with Gasteiger partial charge in [-0.15, -0.1) is 0 Å². The Bertz CT molecular complexity index is 391. The van der Waals surface area contributed by atoms with Crippen molar-refractivity contribution < 1.29 is 14.5 Å². The van der Waals surface area contributed by atoms with Crippen LogP contribution in [-0.4, -0.2) is 18.3 Å². The van der Waals surface area contributed by atoms with Crippen LogP contribution in [0.25, 0.3) is 0 Å². The molecule has 1 aromatic rings. The summed E-state index contributed by atoms with van der Waals surface area (Å²) in [5.41, 5.74) is -0.387. The molecule has 0 atom stereocenters. The maximum Gasteiger partial charge on any atom is 0.283 e. The average molecular weight is 216 g/mol. The number of nitro groups is 1. The van der Waals surface area contributed by atoms with Crippen molar-refractivity contribution in [3.05, 3.63) is 32.8 Å². The number of halogens is 1. The first-order chi connectivity index (χ1) is 6.60. The molecule has 0 fully saturated rings. The van der Waals surface area contributed by atoms with Gasteiger partial charge in [0.25, 0.3) is 5.69 Å². The molecule has 0 aliphatic rings. The van der Waals surface area contributed by atoms with Crippen molar-refractivity contribution >= 4 is 23.6 Å². The summed E-state index contributed by atoms with van der Waals surface area (Å²) in [6.45, 7) is 0. The molecule has 14 heavy (non-hydrogen) atoms. The van der Waals surface area contributed by atoms with Crippen LogP contribution in [0.2, 0.25) is 5.02 Å². The molecule has 1 aromatic carbocycles. The van der Waals surface area contributed by atoms with Gasteiger partial charge in [-0.3, -0.25) is 14.9 Å². The van der Waals surface area contributed by atoms with Gasteiger partial charge in [0.15, 0.2) is 6.29 Å². The molecule has 0 aliphatic carbocycles. The van der Waals surface area contributed by atoms with Crippen LogP contribution in [-0.2, 0) is 0 Å². The highest BCUT2D eigenvalue weighted by molar-refractivity contribution is 6.32. The monoisotopic (exact) mass is 215 g/mol. The molecule has 0 aliphatic heterocycles. The topological polar surface area (TPSA) is 69.4 Å². The summed E-state index contributed by atoms with van der Waals surface area (Å²) in [5.74, 6) is 0.170. The first kappa shape index (κ1) is 10.5. The lowest BCUT2D eigenvalue weighted by molar-refractivity contribution is -0.385. The Morgan fingerprint density at radius 2 is 2.21 bits per heavy atom. The molecule has 0 aromatic heterocycles. The summed E-state index contributed by atoms with van der Waals surface area (Å²) in [7, 11) is 1.34. The van der Waals surface area contributed by atoms with Crippen molar-refractivity contribution in [3.8, 4) is 5.75 Å². The van der Waals surface area contributed by atoms with E-state index >= 15 is 0 Å². The molecule has 6 heteroatoms. The van der Waals surface area contributed by atoms with E-state index in [0.717, 1.165) is 6.07 Å². The largest absolute Gasteiger partial charge is 0.495 e. The van der Waals surface area contributed by atoms with E-state index in [0.29, 0.717) is 6.29 Å². The van der Waals surface area contributed by atoms with E-state index in [-0.39, 0.29) is 22.0 Å². The zero-order valence-electron chi connectivity index (χ0n) is 7.19. The number of benzene rings is 1. The average Bonchev–Trinajstić information content (AvgIpc) is 2.16. The van der Waals surface area contributed by atoms with Crippen LogP contribution < -0.4 is 4.74 Å². The lowest BCUT2D eigenvalue weighted by Gasteiger charge is -2.03. The van der Waals surface area contributed by atoms with Crippen LogP contribution in [0.3, 0.4) is 0 Å². The summed E-state index contributed by atoms with van der Waals surface area (Å²) >= 11 is 5.68. The third kappa shape index (κ3) is 1.82. The van der Waals surface area contributed by atoms with Gasteiger partial charge in [-0.1, -0.05) is 11.6 Å². The lowest BCUT2D eigenvalue weighted by Crippen LogP contribution is -1.96. The van der Waals surface area contributed by atoms with E-state index in [9.17, 15) is 14.9 Å². The lowest BCUT2D eigenvalue weighted by atomic mass is 10.2. The molecule has 0 N–H and O–H groups in total. The Hall–Kier alpha value is -1.62. The standard InChI is InChI=1S/C8H6ClNO4/c1-14-8-3-7(10(12)13)5(4-11)2-6(8)9/h2-4H,1H3. The van der Waals surface area contributed by atoms with Crippen LogP contribution in [0.4, 0.5) is 5.69 Å². The molecular formula is C8H6ClNO4. The van der Waals surface area contributed by atoms with Gasteiger partial charge in [-0.05, 0) is 6.07 Å². The van der Waals surface area contributed by atoms with E-state index in [4.69, 9.17) is 16.3 Å². The van der Waals surface area contributed by atoms with Crippen LogP contribution in [0.1, 0.15) is 10.4 Å². The zero-order chi connectivity index (χ0) is 10.7. The Morgan fingerprint density at radius 3 is 2.64 bits per heavy atom. The van der Waals surface area contributed by atoms with Gasteiger partial charge in [0, 0.05) is 0 Å². The molecule has 1 rings (SSSR count). The summed E-state index contributed by atoms with van der Waals surface area (Å²) < 4.78 is 4.78. The highest BCUT2D eigenvalue weighted by Crippen LogP contribution is 2.31. The van der Waals surface area contributed by atoms with E-state index in [2.05, 4.69) is 0 Å². The van der Waals surface area contributed by atoms with Gasteiger partial charge in [0.05, 0.1) is 28.7 Å². The second kappa shape index (κ2) is 4.06. The van der Waals surface area contributed by atoms with E-state index < -0.39 is 4.92 Å². The fourth-order valence-electron chi connectivity index (χ4n) is 0.967. The van der Waals surface area contributed by atoms with Crippen molar-refractivity contribution in [1.29, 1.82) is 0 Å².